The Hall–Kier alpha value is -3.54. The Labute approximate surface area is 172 Å². The molecular formula is C24H19F2NO3. The van der Waals surface area contributed by atoms with Crippen LogP contribution in [0.4, 0.5) is 14.5 Å². The number of halogens is 2. The van der Waals surface area contributed by atoms with E-state index >= 15 is 0 Å². The number of aromatic hydroxyl groups is 1. The Bertz CT molecular complexity index is 1010. The van der Waals surface area contributed by atoms with E-state index in [0.717, 1.165) is 5.56 Å². The summed E-state index contributed by atoms with van der Waals surface area (Å²) in [5.41, 5.74) is 1.72. The summed E-state index contributed by atoms with van der Waals surface area (Å²) in [5.74, 6) is -1.46. The normalized spacial score (nSPS) is 18.2. The molecule has 0 aliphatic carbocycles. The van der Waals surface area contributed by atoms with E-state index in [1.807, 2.05) is 0 Å². The lowest BCUT2D eigenvalue weighted by Gasteiger charge is -2.47. The Balaban J connectivity index is 1.57. The van der Waals surface area contributed by atoms with Gasteiger partial charge in [0.1, 0.15) is 17.4 Å². The number of anilines is 1. The average Bonchev–Trinajstić information content (AvgIpc) is 2.74. The van der Waals surface area contributed by atoms with E-state index in [-0.39, 0.29) is 29.9 Å². The molecule has 3 aromatic rings. The number of ketones is 1. The van der Waals surface area contributed by atoms with E-state index < -0.39 is 17.6 Å². The molecule has 3 aromatic carbocycles. The highest BCUT2D eigenvalue weighted by molar-refractivity contribution is 6.06. The lowest BCUT2D eigenvalue weighted by atomic mass is 9.78. The predicted molar refractivity (Wildman–Crippen MR) is 108 cm³/mol. The molecule has 0 spiro atoms. The minimum atomic E-state index is -0.461. The number of hydrogen-bond acceptors (Lipinski definition) is 3. The topological polar surface area (TPSA) is 57.6 Å². The Morgan fingerprint density at radius 1 is 0.867 bits per heavy atom. The fourth-order valence-corrected chi connectivity index (χ4v) is 3.87. The van der Waals surface area contributed by atoms with Crippen molar-refractivity contribution < 1.29 is 23.5 Å². The number of phenolic OH excluding ortho intramolecular Hbond substituents is 1. The quantitative estimate of drug-likeness (QED) is 0.470. The molecule has 0 aromatic heterocycles. The highest BCUT2D eigenvalue weighted by Crippen LogP contribution is 2.42. The van der Waals surface area contributed by atoms with Crippen molar-refractivity contribution in [2.45, 2.75) is 24.8 Å². The van der Waals surface area contributed by atoms with Crippen molar-refractivity contribution in [2.75, 3.05) is 4.90 Å². The van der Waals surface area contributed by atoms with Gasteiger partial charge in [0.05, 0.1) is 12.0 Å². The van der Waals surface area contributed by atoms with Crippen molar-refractivity contribution in [3.05, 3.63) is 95.6 Å². The van der Waals surface area contributed by atoms with Crippen LogP contribution in [0.3, 0.4) is 0 Å². The zero-order valence-electron chi connectivity index (χ0n) is 16.0. The van der Waals surface area contributed by atoms with E-state index in [2.05, 4.69) is 0 Å². The van der Waals surface area contributed by atoms with E-state index in [1.54, 1.807) is 17.0 Å². The first-order valence-corrected chi connectivity index (χ1v) is 9.60. The first-order chi connectivity index (χ1) is 14.4. The maximum absolute atomic E-state index is 13.3. The number of amides is 1. The molecule has 1 amide bonds. The van der Waals surface area contributed by atoms with E-state index in [9.17, 15) is 23.5 Å². The van der Waals surface area contributed by atoms with Crippen LogP contribution < -0.4 is 4.90 Å². The molecule has 4 rings (SSSR count). The molecule has 1 fully saturated rings. The number of hydrogen-bond donors (Lipinski definition) is 1. The van der Waals surface area contributed by atoms with Gasteiger partial charge in [-0.1, -0.05) is 12.1 Å². The number of benzene rings is 3. The Morgan fingerprint density at radius 2 is 1.43 bits per heavy atom. The third-order valence-electron chi connectivity index (χ3n) is 5.41. The van der Waals surface area contributed by atoms with Crippen LogP contribution in [0.2, 0.25) is 0 Å². The zero-order chi connectivity index (χ0) is 21.3. The summed E-state index contributed by atoms with van der Waals surface area (Å²) in [7, 11) is 0. The second-order valence-corrected chi connectivity index (χ2v) is 7.29. The molecular weight excluding hydrogens is 388 g/mol. The third kappa shape index (κ3) is 3.81. The van der Waals surface area contributed by atoms with Crippen LogP contribution in [0.25, 0.3) is 0 Å². The minimum absolute atomic E-state index is 0.101. The molecule has 1 N–H and O–H groups in total. The van der Waals surface area contributed by atoms with Crippen molar-refractivity contribution in [1.29, 1.82) is 0 Å². The standard InChI is InChI=1S/C24H19F2NO3/c25-17-5-1-15(2-6-17)22(29)14-13-21-23(16-3-11-20(28)12-4-16)24(30)27(21)19-9-7-18(26)8-10-19/h1-12,21,23,28H,13-14H2/t21-,23+/m0/s1. The van der Waals surface area contributed by atoms with Gasteiger partial charge in [0.2, 0.25) is 5.91 Å². The highest BCUT2D eigenvalue weighted by atomic mass is 19.1. The second-order valence-electron chi connectivity index (χ2n) is 7.29. The summed E-state index contributed by atoms with van der Waals surface area (Å²) in [5, 5.41) is 9.54. The number of nitrogens with zero attached hydrogens (tertiary/aromatic N) is 1. The van der Waals surface area contributed by atoms with Gasteiger partial charge in [-0.25, -0.2) is 8.78 Å². The van der Waals surface area contributed by atoms with Gasteiger partial charge in [0.15, 0.2) is 5.78 Å². The summed E-state index contributed by atoms with van der Waals surface area (Å²) >= 11 is 0. The van der Waals surface area contributed by atoms with Crippen LogP contribution in [-0.4, -0.2) is 22.8 Å². The van der Waals surface area contributed by atoms with Crippen molar-refractivity contribution in [1.82, 2.24) is 0 Å². The van der Waals surface area contributed by atoms with Crippen LogP contribution in [0, 0.1) is 11.6 Å². The first kappa shape index (κ1) is 19.8. The van der Waals surface area contributed by atoms with Gasteiger partial charge in [-0.2, -0.15) is 0 Å². The van der Waals surface area contributed by atoms with E-state index in [1.165, 1.54) is 60.7 Å². The number of phenols is 1. The summed E-state index contributed by atoms with van der Waals surface area (Å²) in [6, 6.07) is 17.1. The van der Waals surface area contributed by atoms with Crippen LogP contribution in [0.15, 0.2) is 72.8 Å². The molecule has 0 unspecified atom stereocenters. The molecule has 1 aliphatic rings. The number of carbonyl (C=O) groups is 2. The fourth-order valence-electron chi connectivity index (χ4n) is 3.87. The summed E-state index contributed by atoms with van der Waals surface area (Å²) in [6.45, 7) is 0. The lowest BCUT2D eigenvalue weighted by Crippen LogP contribution is -2.59. The minimum Gasteiger partial charge on any atom is -0.508 e. The molecule has 152 valence electrons. The van der Waals surface area contributed by atoms with Gasteiger partial charge in [-0.3, -0.25) is 9.59 Å². The highest BCUT2D eigenvalue weighted by Gasteiger charge is 2.48. The number of β-lactam (4-membered cyclic amide) rings is 1. The van der Waals surface area contributed by atoms with E-state index in [4.69, 9.17) is 0 Å². The van der Waals surface area contributed by atoms with Gasteiger partial charge in [-0.05, 0) is 72.6 Å². The molecule has 30 heavy (non-hydrogen) atoms. The van der Waals surface area contributed by atoms with Gasteiger partial charge in [-0.15, -0.1) is 0 Å². The zero-order valence-corrected chi connectivity index (χ0v) is 16.0. The van der Waals surface area contributed by atoms with Crippen molar-refractivity contribution in [2.24, 2.45) is 0 Å². The molecule has 2 atom stereocenters. The SMILES string of the molecule is O=C(CC[C@H]1[C@@H](c2ccc(O)cc2)C(=O)N1c1ccc(F)cc1)c1ccc(F)cc1. The molecule has 1 aliphatic heterocycles. The average molecular weight is 407 g/mol. The second kappa shape index (κ2) is 8.06. The largest absolute Gasteiger partial charge is 0.508 e. The fraction of sp³-hybridized carbons (Fsp3) is 0.167. The van der Waals surface area contributed by atoms with Gasteiger partial charge < -0.3 is 10.0 Å². The summed E-state index contributed by atoms with van der Waals surface area (Å²) in [6.07, 6.45) is 0.570. The predicted octanol–water partition coefficient (Wildman–Crippen LogP) is 4.83. The van der Waals surface area contributed by atoms with Crippen LogP contribution in [-0.2, 0) is 4.79 Å². The molecule has 4 nitrogen and oxygen atoms in total. The van der Waals surface area contributed by atoms with Gasteiger partial charge in [0.25, 0.3) is 0 Å². The molecule has 0 bridgehead atoms. The van der Waals surface area contributed by atoms with Crippen LogP contribution in [0.5, 0.6) is 5.75 Å². The molecule has 0 radical (unpaired) electrons. The molecule has 0 saturated carbocycles. The maximum Gasteiger partial charge on any atom is 0.236 e. The number of rotatable bonds is 6. The number of carbonyl (C=O) groups excluding carboxylic acids is 2. The Morgan fingerprint density at radius 3 is 2.03 bits per heavy atom. The number of Topliss-reactive ketones (excluding diaryl/α,β-unsaturated/α-hetero) is 1. The van der Waals surface area contributed by atoms with Crippen molar-refractivity contribution in [3.63, 3.8) is 0 Å². The summed E-state index contributed by atoms with van der Waals surface area (Å²) < 4.78 is 26.4. The maximum atomic E-state index is 13.3. The van der Waals surface area contributed by atoms with Crippen molar-refractivity contribution in [3.8, 4) is 5.75 Å². The third-order valence-corrected chi connectivity index (χ3v) is 5.41. The smallest absolute Gasteiger partial charge is 0.236 e. The Kier molecular flexibility index (Phi) is 5.31. The van der Waals surface area contributed by atoms with Crippen molar-refractivity contribution >= 4 is 17.4 Å². The molecule has 6 heteroatoms. The monoisotopic (exact) mass is 407 g/mol. The van der Waals surface area contributed by atoms with E-state index in [0.29, 0.717) is 17.7 Å². The van der Waals surface area contributed by atoms with Gasteiger partial charge in [0, 0.05) is 17.7 Å². The molecule has 1 saturated heterocycles. The first-order valence-electron chi connectivity index (χ1n) is 9.60. The summed E-state index contributed by atoms with van der Waals surface area (Å²) in [4.78, 5) is 27.1. The van der Waals surface area contributed by atoms with Crippen LogP contribution in [0.1, 0.15) is 34.7 Å². The lowest BCUT2D eigenvalue weighted by molar-refractivity contribution is -0.126. The van der Waals surface area contributed by atoms with Gasteiger partial charge >= 0.3 is 0 Å². The van der Waals surface area contributed by atoms with Crippen LogP contribution >= 0.6 is 0 Å². The molecule has 1 heterocycles.